The molecule has 128 valence electrons. The van der Waals surface area contributed by atoms with Gasteiger partial charge in [-0.25, -0.2) is 0 Å². The predicted molar refractivity (Wildman–Crippen MR) is 95.7 cm³/mol. The van der Waals surface area contributed by atoms with Gasteiger partial charge >= 0.3 is 24.8 Å². The van der Waals surface area contributed by atoms with E-state index in [0.717, 1.165) is 38.5 Å². The van der Waals surface area contributed by atoms with Crippen LogP contribution in [-0.2, 0) is 4.79 Å². The van der Waals surface area contributed by atoms with Crippen LogP contribution in [0.5, 0.6) is 0 Å². The molecule has 0 saturated heterocycles. The first-order valence-corrected chi connectivity index (χ1v) is 9.06. The average molecular weight is 308 g/mol. The Labute approximate surface area is 149 Å². The van der Waals surface area contributed by atoms with Crippen molar-refractivity contribution in [2.24, 2.45) is 0 Å². The molecule has 0 bridgehead atoms. The molecular formula is C18H37LiO3. The number of hydrogen-bond donors (Lipinski definition) is 2. The molecule has 0 rings (SSSR count). The van der Waals surface area contributed by atoms with Crippen LogP contribution in [-0.4, -0.2) is 41.1 Å². The number of aliphatic hydroxyl groups is 1. The van der Waals surface area contributed by atoms with E-state index in [2.05, 4.69) is 6.92 Å². The number of hydrogen-bond acceptors (Lipinski definition) is 2. The van der Waals surface area contributed by atoms with Gasteiger partial charge in [-0.3, -0.25) is 4.79 Å². The van der Waals surface area contributed by atoms with Crippen molar-refractivity contribution in [3.05, 3.63) is 0 Å². The Morgan fingerprint density at radius 3 is 1.64 bits per heavy atom. The number of aliphatic hydroxyl groups excluding tert-OH is 1. The van der Waals surface area contributed by atoms with Crippen LogP contribution in [0, 0.1) is 0 Å². The van der Waals surface area contributed by atoms with Gasteiger partial charge in [0.15, 0.2) is 0 Å². The fourth-order valence-electron chi connectivity index (χ4n) is 2.67. The number of carbonyl (C=O) groups is 1. The summed E-state index contributed by atoms with van der Waals surface area (Å²) >= 11 is 0. The molecule has 0 saturated carbocycles. The van der Waals surface area contributed by atoms with Crippen molar-refractivity contribution < 1.29 is 15.0 Å². The summed E-state index contributed by atoms with van der Waals surface area (Å²) in [6.45, 7) is 2.21. The van der Waals surface area contributed by atoms with Gasteiger partial charge in [0, 0.05) is 6.42 Å². The van der Waals surface area contributed by atoms with Crippen LogP contribution < -0.4 is 0 Å². The zero-order chi connectivity index (χ0) is 15.8. The number of unbranched alkanes of at least 4 members (excludes halogenated alkanes) is 10. The quantitative estimate of drug-likeness (QED) is 0.322. The summed E-state index contributed by atoms with van der Waals surface area (Å²) in [6, 6.07) is 0. The molecule has 0 aliphatic rings. The van der Waals surface area contributed by atoms with E-state index in [0.29, 0.717) is 6.42 Å². The van der Waals surface area contributed by atoms with Crippen LogP contribution in [0.1, 0.15) is 103 Å². The molecule has 2 N–H and O–H groups in total. The summed E-state index contributed by atoms with van der Waals surface area (Å²) in [4.78, 5) is 10.3. The first kappa shape index (κ1) is 24.3. The van der Waals surface area contributed by atoms with Gasteiger partial charge in [-0.15, -0.1) is 0 Å². The van der Waals surface area contributed by atoms with Crippen molar-refractivity contribution in [3.8, 4) is 0 Å². The van der Waals surface area contributed by atoms with Crippen molar-refractivity contribution >= 4 is 24.8 Å². The molecule has 0 aromatic rings. The SMILES string of the molecule is CCCCCCC(O)CCCCCCCCCCC(=O)O.[LiH]. The van der Waals surface area contributed by atoms with Gasteiger partial charge < -0.3 is 10.2 Å². The van der Waals surface area contributed by atoms with Crippen LogP contribution in [0.25, 0.3) is 0 Å². The second-order valence-corrected chi connectivity index (χ2v) is 6.26. The molecule has 1 unspecified atom stereocenters. The fourth-order valence-corrected chi connectivity index (χ4v) is 2.67. The topological polar surface area (TPSA) is 57.5 Å². The van der Waals surface area contributed by atoms with Crippen molar-refractivity contribution in [1.29, 1.82) is 0 Å². The Kier molecular flexibility index (Phi) is 21.1. The minimum absolute atomic E-state index is 0. The molecule has 0 aliphatic carbocycles. The third kappa shape index (κ3) is 20.0. The van der Waals surface area contributed by atoms with E-state index < -0.39 is 5.97 Å². The summed E-state index contributed by atoms with van der Waals surface area (Å²) in [5.74, 6) is -0.678. The van der Waals surface area contributed by atoms with Crippen LogP contribution in [0.4, 0.5) is 0 Å². The Morgan fingerprint density at radius 2 is 1.18 bits per heavy atom. The van der Waals surface area contributed by atoms with Crippen molar-refractivity contribution in [2.45, 2.75) is 109 Å². The Bertz CT molecular complexity index is 234. The second kappa shape index (κ2) is 19.1. The Hall–Kier alpha value is 0.0274. The Morgan fingerprint density at radius 1 is 0.773 bits per heavy atom. The normalized spacial score (nSPS) is 11.9. The number of carboxylic acid groups (broad SMARTS) is 1. The zero-order valence-electron chi connectivity index (χ0n) is 14.0. The Balaban J connectivity index is 0. The average Bonchev–Trinajstić information content (AvgIpc) is 2.45. The molecule has 22 heavy (non-hydrogen) atoms. The summed E-state index contributed by atoms with van der Waals surface area (Å²) in [6.07, 6.45) is 16.3. The van der Waals surface area contributed by atoms with Crippen molar-refractivity contribution in [3.63, 3.8) is 0 Å². The monoisotopic (exact) mass is 308 g/mol. The van der Waals surface area contributed by atoms with Gasteiger partial charge in [0.25, 0.3) is 0 Å². The molecular weight excluding hydrogens is 271 g/mol. The summed E-state index contributed by atoms with van der Waals surface area (Å²) in [5, 5.41) is 18.4. The summed E-state index contributed by atoms with van der Waals surface area (Å²) in [7, 11) is 0. The number of aliphatic carboxylic acids is 1. The molecule has 4 heteroatoms. The second-order valence-electron chi connectivity index (χ2n) is 6.26. The summed E-state index contributed by atoms with van der Waals surface area (Å²) < 4.78 is 0. The standard InChI is InChI=1S/C18H36O3.Li.H/c1-2-3-4-11-14-17(19)15-12-9-7-5-6-8-10-13-16-18(20)21;;/h17,19H,2-16H2,1H3,(H,20,21);;. The van der Waals surface area contributed by atoms with Gasteiger partial charge in [-0.1, -0.05) is 77.6 Å². The molecule has 0 spiro atoms. The molecule has 0 aromatic heterocycles. The number of rotatable bonds is 16. The van der Waals surface area contributed by atoms with E-state index in [9.17, 15) is 9.90 Å². The van der Waals surface area contributed by atoms with Crippen LogP contribution in [0.15, 0.2) is 0 Å². The van der Waals surface area contributed by atoms with Crippen LogP contribution in [0.2, 0.25) is 0 Å². The molecule has 0 aromatic carbocycles. The van der Waals surface area contributed by atoms with Gasteiger partial charge in [-0.05, 0) is 19.3 Å². The fraction of sp³-hybridized carbons (Fsp3) is 0.944. The molecule has 0 aliphatic heterocycles. The molecule has 0 radical (unpaired) electrons. The van der Waals surface area contributed by atoms with E-state index in [-0.39, 0.29) is 25.0 Å². The maximum absolute atomic E-state index is 10.3. The van der Waals surface area contributed by atoms with Crippen molar-refractivity contribution in [1.82, 2.24) is 0 Å². The van der Waals surface area contributed by atoms with Gasteiger partial charge in [-0.2, -0.15) is 0 Å². The van der Waals surface area contributed by atoms with Crippen LogP contribution >= 0.6 is 0 Å². The zero-order valence-corrected chi connectivity index (χ0v) is 14.0. The first-order valence-electron chi connectivity index (χ1n) is 9.06. The minimum atomic E-state index is -0.678. The van der Waals surface area contributed by atoms with Gasteiger partial charge in [0.1, 0.15) is 0 Å². The maximum atomic E-state index is 10.3. The van der Waals surface area contributed by atoms with E-state index in [1.807, 2.05) is 0 Å². The van der Waals surface area contributed by atoms with E-state index >= 15 is 0 Å². The summed E-state index contributed by atoms with van der Waals surface area (Å²) in [5.41, 5.74) is 0. The van der Waals surface area contributed by atoms with E-state index in [4.69, 9.17) is 5.11 Å². The third-order valence-corrected chi connectivity index (χ3v) is 4.07. The van der Waals surface area contributed by atoms with E-state index in [1.165, 1.54) is 51.4 Å². The number of carboxylic acids is 1. The van der Waals surface area contributed by atoms with Crippen LogP contribution in [0.3, 0.4) is 0 Å². The van der Waals surface area contributed by atoms with Gasteiger partial charge in [0.05, 0.1) is 6.10 Å². The van der Waals surface area contributed by atoms with E-state index in [1.54, 1.807) is 0 Å². The molecule has 0 fully saturated rings. The molecule has 0 amide bonds. The molecule has 3 nitrogen and oxygen atoms in total. The molecule has 1 atom stereocenters. The van der Waals surface area contributed by atoms with Crippen molar-refractivity contribution in [2.75, 3.05) is 0 Å². The first-order chi connectivity index (χ1) is 10.2. The van der Waals surface area contributed by atoms with Gasteiger partial charge in [0.2, 0.25) is 0 Å². The third-order valence-electron chi connectivity index (χ3n) is 4.07. The molecule has 0 heterocycles. The predicted octanol–water partition coefficient (Wildman–Crippen LogP) is 4.65.